The summed E-state index contributed by atoms with van der Waals surface area (Å²) in [6.45, 7) is 0.139. The summed E-state index contributed by atoms with van der Waals surface area (Å²) in [6.07, 6.45) is 6.56. The molecule has 0 radical (unpaired) electrons. The van der Waals surface area contributed by atoms with Gasteiger partial charge in [0.15, 0.2) is 11.5 Å². The lowest BCUT2D eigenvalue weighted by Crippen LogP contribution is -2.33. The molecule has 0 saturated carbocycles. The smallest absolute Gasteiger partial charge is 0.287 e. The van der Waals surface area contributed by atoms with Gasteiger partial charge in [-0.2, -0.15) is 5.10 Å². The summed E-state index contributed by atoms with van der Waals surface area (Å²) in [5, 5.41) is 6.62. The van der Waals surface area contributed by atoms with Gasteiger partial charge in [-0.05, 0) is 63.5 Å². The number of carbonyl (C=O) groups is 2. The van der Waals surface area contributed by atoms with Crippen molar-refractivity contribution < 1.29 is 19.1 Å². The zero-order valence-corrected chi connectivity index (χ0v) is 19.5. The van der Waals surface area contributed by atoms with Crippen LogP contribution in [-0.4, -0.2) is 24.8 Å². The highest BCUT2D eigenvalue weighted by Gasteiger charge is 2.17. The number of hydrazone groups is 1. The third kappa shape index (κ3) is 5.99. The molecule has 0 unspecified atom stereocenters. The minimum absolute atomic E-state index is 0.0174. The topological polar surface area (TPSA) is 89.0 Å². The van der Waals surface area contributed by atoms with E-state index in [0.29, 0.717) is 27.1 Å². The fraction of sp³-hybridized carbons (Fsp3) is 0.0385. The molecule has 2 amide bonds. The van der Waals surface area contributed by atoms with Gasteiger partial charge in [0.25, 0.3) is 11.8 Å². The maximum atomic E-state index is 12.9. The molecule has 4 rings (SSSR count). The van der Waals surface area contributed by atoms with Crippen LogP contribution in [0.15, 0.2) is 94.1 Å². The SMILES string of the molecule is O=C(N/N=C\C=C/c1ccccc1)/C(=C/c1ccc2c(c1)OCO2)NC(=O)c1ccccc1Br. The Bertz CT molecular complexity index is 1290. The predicted octanol–water partition coefficient (Wildman–Crippen LogP) is 4.76. The number of allylic oxidation sites excluding steroid dienone is 1. The van der Waals surface area contributed by atoms with E-state index in [2.05, 4.69) is 31.8 Å². The maximum Gasteiger partial charge on any atom is 0.287 e. The second-order valence-electron chi connectivity index (χ2n) is 7.09. The summed E-state index contributed by atoms with van der Waals surface area (Å²) in [5.74, 6) is 0.162. The predicted molar refractivity (Wildman–Crippen MR) is 134 cm³/mol. The van der Waals surface area contributed by atoms with E-state index in [0.717, 1.165) is 5.56 Å². The first-order chi connectivity index (χ1) is 16.6. The molecule has 0 atom stereocenters. The normalized spacial score (nSPS) is 12.8. The largest absolute Gasteiger partial charge is 0.454 e. The third-order valence-corrected chi connectivity index (χ3v) is 5.43. The monoisotopic (exact) mass is 517 g/mol. The molecule has 3 aromatic carbocycles. The maximum absolute atomic E-state index is 12.9. The molecule has 8 heteroatoms. The van der Waals surface area contributed by atoms with Gasteiger partial charge in [0.05, 0.1) is 5.56 Å². The van der Waals surface area contributed by atoms with E-state index in [1.54, 1.807) is 54.6 Å². The van der Waals surface area contributed by atoms with Crippen molar-refractivity contribution >= 4 is 46.1 Å². The molecule has 34 heavy (non-hydrogen) atoms. The quantitative estimate of drug-likeness (QED) is 0.268. The second kappa shape index (κ2) is 11.1. The van der Waals surface area contributed by atoms with Gasteiger partial charge in [-0.1, -0.05) is 54.6 Å². The number of hydrogen-bond acceptors (Lipinski definition) is 5. The van der Waals surface area contributed by atoms with Crippen LogP contribution in [0.1, 0.15) is 21.5 Å². The van der Waals surface area contributed by atoms with Gasteiger partial charge >= 0.3 is 0 Å². The van der Waals surface area contributed by atoms with E-state index in [4.69, 9.17) is 9.47 Å². The van der Waals surface area contributed by atoms with E-state index >= 15 is 0 Å². The molecule has 170 valence electrons. The fourth-order valence-corrected chi connectivity index (χ4v) is 3.55. The number of ether oxygens (including phenoxy) is 2. The average Bonchev–Trinajstić information content (AvgIpc) is 3.32. The molecule has 0 spiro atoms. The van der Waals surface area contributed by atoms with Crippen molar-refractivity contribution in [3.8, 4) is 11.5 Å². The van der Waals surface area contributed by atoms with Gasteiger partial charge in [0.1, 0.15) is 5.70 Å². The van der Waals surface area contributed by atoms with Crippen molar-refractivity contribution in [2.75, 3.05) is 6.79 Å². The van der Waals surface area contributed by atoms with E-state index < -0.39 is 11.8 Å². The molecule has 0 bridgehead atoms. The van der Waals surface area contributed by atoms with E-state index in [1.165, 1.54) is 6.21 Å². The van der Waals surface area contributed by atoms with E-state index in [9.17, 15) is 9.59 Å². The standard InChI is InChI=1S/C26H20BrN3O4/c27-21-11-5-4-10-20(21)25(31)29-22(15-19-12-13-23-24(16-19)34-17-33-23)26(32)30-28-14-6-9-18-7-2-1-3-8-18/h1-16H,17H2,(H,29,31)(H,30,32)/b9-6-,22-15-,28-14-. The van der Waals surface area contributed by atoms with E-state index in [1.807, 2.05) is 36.4 Å². The van der Waals surface area contributed by atoms with Gasteiger partial charge in [0, 0.05) is 10.7 Å². The Morgan fingerprint density at radius 3 is 2.50 bits per heavy atom. The number of benzene rings is 3. The van der Waals surface area contributed by atoms with Gasteiger partial charge < -0.3 is 14.8 Å². The number of carbonyl (C=O) groups excluding carboxylic acids is 2. The molecule has 1 aliphatic rings. The number of amides is 2. The first kappa shape index (κ1) is 23.0. The molecule has 0 fully saturated rings. The first-order valence-electron chi connectivity index (χ1n) is 10.3. The Morgan fingerprint density at radius 1 is 0.912 bits per heavy atom. The van der Waals surface area contributed by atoms with Crippen LogP contribution >= 0.6 is 15.9 Å². The van der Waals surface area contributed by atoms with Gasteiger partial charge in [-0.15, -0.1) is 0 Å². The molecule has 1 heterocycles. The van der Waals surface area contributed by atoms with Crippen LogP contribution in [0.3, 0.4) is 0 Å². The summed E-state index contributed by atoms with van der Waals surface area (Å²) in [6, 6.07) is 21.9. The van der Waals surface area contributed by atoms with Gasteiger partial charge in [0.2, 0.25) is 6.79 Å². The van der Waals surface area contributed by atoms with Crippen LogP contribution in [-0.2, 0) is 4.79 Å². The Labute approximate surface area is 204 Å². The molecule has 0 aromatic heterocycles. The number of rotatable bonds is 7. The Balaban J connectivity index is 1.52. The lowest BCUT2D eigenvalue weighted by atomic mass is 10.1. The molecule has 7 nitrogen and oxygen atoms in total. The van der Waals surface area contributed by atoms with Gasteiger partial charge in [-0.25, -0.2) is 5.43 Å². The highest BCUT2D eigenvalue weighted by Crippen LogP contribution is 2.33. The molecule has 0 aliphatic carbocycles. The Morgan fingerprint density at radius 2 is 1.68 bits per heavy atom. The van der Waals surface area contributed by atoms with Crippen LogP contribution < -0.4 is 20.2 Å². The van der Waals surface area contributed by atoms with Crippen LogP contribution in [0, 0.1) is 0 Å². The summed E-state index contributed by atoms with van der Waals surface area (Å²) in [4.78, 5) is 25.7. The third-order valence-electron chi connectivity index (χ3n) is 4.73. The molecule has 0 saturated heterocycles. The van der Waals surface area contributed by atoms with Crippen LogP contribution in [0.4, 0.5) is 0 Å². The van der Waals surface area contributed by atoms with Crippen molar-refractivity contribution in [3.05, 3.63) is 106 Å². The summed E-state index contributed by atoms with van der Waals surface area (Å²) >= 11 is 3.36. The lowest BCUT2D eigenvalue weighted by Gasteiger charge is -2.10. The summed E-state index contributed by atoms with van der Waals surface area (Å²) in [7, 11) is 0. The molecule has 3 aromatic rings. The summed E-state index contributed by atoms with van der Waals surface area (Å²) in [5.41, 5.74) is 4.50. The minimum Gasteiger partial charge on any atom is -0.454 e. The highest BCUT2D eigenvalue weighted by molar-refractivity contribution is 9.10. The minimum atomic E-state index is -0.581. The van der Waals surface area contributed by atoms with Crippen molar-refractivity contribution in [2.24, 2.45) is 5.10 Å². The van der Waals surface area contributed by atoms with E-state index in [-0.39, 0.29) is 12.5 Å². The number of fused-ring (bicyclic) bond motifs is 1. The van der Waals surface area contributed by atoms with Crippen LogP contribution in [0.25, 0.3) is 12.2 Å². The molecule has 1 aliphatic heterocycles. The van der Waals surface area contributed by atoms with Crippen LogP contribution in [0.5, 0.6) is 11.5 Å². The first-order valence-corrected chi connectivity index (χ1v) is 11.1. The number of halogens is 1. The summed E-state index contributed by atoms with van der Waals surface area (Å²) < 4.78 is 11.3. The highest BCUT2D eigenvalue weighted by atomic mass is 79.9. The number of hydrogen-bond donors (Lipinski definition) is 2. The number of nitrogens with zero attached hydrogens (tertiary/aromatic N) is 1. The lowest BCUT2D eigenvalue weighted by molar-refractivity contribution is -0.117. The Hall–Kier alpha value is -4.17. The van der Waals surface area contributed by atoms with Gasteiger partial charge in [-0.3, -0.25) is 9.59 Å². The van der Waals surface area contributed by atoms with Crippen LogP contribution in [0.2, 0.25) is 0 Å². The number of nitrogens with one attached hydrogen (secondary N) is 2. The van der Waals surface area contributed by atoms with Crippen molar-refractivity contribution in [1.29, 1.82) is 0 Å². The molecule has 2 N–H and O–H groups in total. The van der Waals surface area contributed by atoms with Crippen molar-refractivity contribution in [2.45, 2.75) is 0 Å². The molecular formula is C26H20BrN3O4. The van der Waals surface area contributed by atoms with Crippen molar-refractivity contribution in [3.63, 3.8) is 0 Å². The molecular weight excluding hydrogens is 498 g/mol. The average molecular weight is 518 g/mol. The fourth-order valence-electron chi connectivity index (χ4n) is 3.08. The zero-order chi connectivity index (χ0) is 23.8. The zero-order valence-electron chi connectivity index (χ0n) is 17.9. The second-order valence-corrected chi connectivity index (χ2v) is 7.95. The Kier molecular flexibility index (Phi) is 7.52. The van der Waals surface area contributed by atoms with Crippen molar-refractivity contribution in [1.82, 2.24) is 10.7 Å².